The van der Waals surface area contributed by atoms with Crippen LogP contribution in [0.25, 0.3) is 0 Å². The van der Waals surface area contributed by atoms with Crippen LogP contribution >= 0.6 is 0 Å². The number of rotatable bonds is 2. The number of fused-ring (bicyclic) bond motifs is 2. The van der Waals surface area contributed by atoms with Crippen molar-refractivity contribution in [2.45, 2.75) is 39.7 Å². The molecule has 0 bridgehead atoms. The van der Waals surface area contributed by atoms with Crippen LogP contribution in [0.1, 0.15) is 43.1 Å². The molecule has 0 saturated heterocycles. The van der Waals surface area contributed by atoms with Gasteiger partial charge >= 0.3 is 0 Å². The summed E-state index contributed by atoms with van der Waals surface area (Å²) < 4.78 is 5.28. The molecule has 3 rings (SSSR count). The van der Waals surface area contributed by atoms with Crippen molar-refractivity contribution < 1.29 is 14.6 Å². The second-order valence-corrected chi connectivity index (χ2v) is 6.58. The monoisotopic (exact) mass is 313 g/mol. The van der Waals surface area contributed by atoms with Crippen LogP contribution in [-0.2, 0) is 6.42 Å². The van der Waals surface area contributed by atoms with Crippen LogP contribution in [0.4, 0.5) is 0 Å². The molecule has 0 spiro atoms. The largest absolute Gasteiger partial charge is 0.504 e. The predicted octanol–water partition coefficient (Wildman–Crippen LogP) is 3.45. The molecule has 23 heavy (non-hydrogen) atoms. The highest BCUT2D eigenvalue weighted by Crippen LogP contribution is 2.40. The third-order valence-electron chi connectivity index (χ3n) is 4.72. The maximum atomic E-state index is 13.0. The Labute approximate surface area is 137 Å². The topological polar surface area (TPSA) is 49.8 Å². The Balaban J connectivity index is 2.12. The molecule has 0 fully saturated rings. The lowest BCUT2D eigenvalue weighted by molar-refractivity contribution is 0.0666. The molecule has 0 radical (unpaired) electrons. The first kappa shape index (κ1) is 15.7. The van der Waals surface area contributed by atoms with Crippen LogP contribution in [0.3, 0.4) is 0 Å². The van der Waals surface area contributed by atoms with Crippen LogP contribution in [0.2, 0.25) is 0 Å². The summed E-state index contributed by atoms with van der Waals surface area (Å²) in [7, 11) is 1.49. The summed E-state index contributed by atoms with van der Waals surface area (Å²) >= 11 is 0. The molecule has 122 valence electrons. The molecule has 1 aromatic rings. The zero-order valence-electron chi connectivity index (χ0n) is 14.1. The van der Waals surface area contributed by atoms with Crippen LogP contribution in [-0.4, -0.2) is 35.6 Å². The quantitative estimate of drug-likeness (QED) is 0.910. The summed E-state index contributed by atoms with van der Waals surface area (Å²) in [5.74, 6) is 0.267. The molecule has 2 aliphatic rings. The summed E-state index contributed by atoms with van der Waals surface area (Å²) in [5, 5.41) is 9.98. The van der Waals surface area contributed by atoms with E-state index in [1.807, 2.05) is 11.0 Å². The Morgan fingerprint density at radius 1 is 1.39 bits per heavy atom. The third kappa shape index (κ3) is 2.52. The molecule has 1 amide bonds. The van der Waals surface area contributed by atoms with Crippen molar-refractivity contribution in [3.05, 3.63) is 46.1 Å². The van der Waals surface area contributed by atoms with Gasteiger partial charge in [-0.15, -0.1) is 0 Å². The van der Waals surface area contributed by atoms with Gasteiger partial charge < -0.3 is 14.7 Å². The van der Waals surface area contributed by atoms with Crippen molar-refractivity contribution in [1.29, 1.82) is 0 Å². The molecule has 1 atom stereocenters. The third-order valence-corrected chi connectivity index (χ3v) is 4.72. The number of hydrogen-bond acceptors (Lipinski definition) is 3. The maximum Gasteiger partial charge on any atom is 0.258 e. The maximum absolute atomic E-state index is 13.0. The van der Waals surface area contributed by atoms with E-state index in [1.54, 1.807) is 6.07 Å². The SMILES string of the molecule is COc1c(O)ccc2c1C(=O)N1CCC(C)=C(C=C(C)C)C1C2. The number of benzene rings is 1. The Kier molecular flexibility index (Phi) is 3.92. The number of phenolic OH excluding ortho intramolecular Hbond substituents is 1. The van der Waals surface area contributed by atoms with Crippen molar-refractivity contribution in [1.82, 2.24) is 4.90 Å². The molecule has 0 aliphatic carbocycles. The molecular formula is C19H23NO3. The highest BCUT2D eigenvalue weighted by atomic mass is 16.5. The fraction of sp³-hybridized carbons (Fsp3) is 0.421. The summed E-state index contributed by atoms with van der Waals surface area (Å²) in [6.07, 6.45) is 3.84. The van der Waals surface area contributed by atoms with Gasteiger partial charge in [-0.2, -0.15) is 0 Å². The average Bonchev–Trinajstić information content (AvgIpc) is 2.50. The first-order chi connectivity index (χ1) is 10.9. The Hall–Kier alpha value is -2.23. The van der Waals surface area contributed by atoms with Crippen molar-refractivity contribution in [2.75, 3.05) is 13.7 Å². The van der Waals surface area contributed by atoms with Gasteiger partial charge in [-0.3, -0.25) is 4.79 Å². The number of allylic oxidation sites excluding steroid dienone is 1. The fourth-order valence-electron chi connectivity index (χ4n) is 3.61. The molecule has 2 aliphatic heterocycles. The standard InChI is InChI=1S/C19H23NO3/c1-11(2)9-14-12(3)7-8-20-15(14)10-13-5-6-16(21)18(23-4)17(13)19(20)22/h5-6,9,15,21H,7-8,10H2,1-4H3. The van der Waals surface area contributed by atoms with Crippen LogP contribution < -0.4 is 4.74 Å². The summed E-state index contributed by atoms with van der Waals surface area (Å²) in [6.45, 7) is 7.04. The first-order valence-corrected chi connectivity index (χ1v) is 7.98. The molecule has 1 N–H and O–H groups in total. The van der Waals surface area contributed by atoms with E-state index in [1.165, 1.54) is 23.8 Å². The van der Waals surface area contributed by atoms with Gasteiger partial charge in [0.2, 0.25) is 0 Å². The molecule has 2 heterocycles. The lowest BCUT2D eigenvalue weighted by atomic mass is 9.83. The number of carbonyl (C=O) groups is 1. The highest BCUT2D eigenvalue weighted by molar-refractivity contribution is 6.01. The van der Waals surface area contributed by atoms with Gasteiger partial charge in [0.05, 0.1) is 18.7 Å². The van der Waals surface area contributed by atoms with Crippen molar-refractivity contribution in [2.24, 2.45) is 0 Å². The van der Waals surface area contributed by atoms with E-state index in [0.717, 1.165) is 18.4 Å². The normalized spacial score (nSPS) is 20.1. The smallest absolute Gasteiger partial charge is 0.258 e. The molecule has 0 saturated carbocycles. The van der Waals surface area contributed by atoms with Gasteiger partial charge in [0.15, 0.2) is 11.5 Å². The molecule has 4 heteroatoms. The zero-order valence-corrected chi connectivity index (χ0v) is 14.1. The Morgan fingerprint density at radius 2 is 2.13 bits per heavy atom. The van der Waals surface area contributed by atoms with E-state index in [2.05, 4.69) is 26.8 Å². The second-order valence-electron chi connectivity index (χ2n) is 6.58. The fourth-order valence-corrected chi connectivity index (χ4v) is 3.61. The lowest BCUT2D eigenvalue weighted by Crippen LogP contribution is -2.49. The highest BCUT2D eigenvalue weighted by Gasteiger charge is 2.38. The van der Waals surface area contributed by atoms with Crippen LogP contribution in [0.5, 0.6) is 11.5 Å². The number of aromatic hydroxyl groups is 1. The zero-order chi connectivity index (χ0) is 16.7. The minimum absolute atomic E-state index is 0.0197. The molecule has 1 unspecified atom stereocenters. The van der Waals surface area contributed by atoms with Gasteiger partial charge in [0.25, 0.3) is 5.91 Å². The minimum Gasteiger partial charge on any atom is -0.504 e. The van der Waals surface area contributed by atoms with Crippen molar-refractivity contribution in [3.63, 3.8) is 0 Å². The van der Waals surface area contributed by atoms with Gasteiger partial charge in [-0.25, -0.2) is 0 Å². The van der Waals surface area contributed by atoms with E-state index in [0.29, 0.717) is 17.9 Å². The van der Waals surface area contributed by atoms with Gasteiger partial charge in [-0.1, -0.05) is 23.3 Å². The van der Waals surface area contributed by atoms with Gasteiger partial charge in [-0.05, 0) is 50.8 Å². The minimum atomic E-state index is -0.0452. The van der Waals surface area contributed by atoms with Crippen molar-refractivity contribution >= 4 is 5.91 Å². The number of ether oxygens (including phenoxy) is 1. The summed E-state index contributed by atoms with van der Waals surface area (Å²) in [5.41, 5.74) is 5.31. The Morgan fingerprint density at radius 3 is 2.78 bits per heavy atom. The van der Waals surface area contributed by atoms with E-state index in [4.69, 9.17) is 4.74 Å². The number of hydrogen-bond donors (Lipinski definition) is 1. The second kappa shape index (κ2) is 5.76. The van der Waals surface area contributed by atoms with Crippen LogP contribution in [0.15, 0.2) is 34.9 Å². The van der Waals surface area contributed by atoms with E-state index in [-0.39, 0.29) is 17.7 Å². The van der Waals surface area contributed by atoms with Gasteiger partial charge in [0.1, 0.15) is 0 Å². The lowest BCUT2D eigenvalue weighted by Gasteiger charge is -2.42. The number of methoxy groups -OCH3 is 1. The van der Waals surface area contributed by atoms with E-state index >= 15 is 0 Å². The first-order valence-electron chi connectivity index (χ1n) is 7.98. The van der Waals surface area contributed by atoms with Crippen LogP contribution in [0, 0.1) is 0 Å². The molecule has 1 aromatic carbocycles. The van der Waals surface area contributed by atoms with E-state index < -0.39 is 0 Å². The summed E-state index contributed by atoms with van der Waals surface area (Å²) in [4.78, 5) is 14.9. The summed E-state index contributed by atoms with van der Waals surface area (Å²) in [6, 6.07) is 3.53. The number of carbonyl (C=O) groups excluding carboxylic acids is 1. The predicted molar refractivity (Wildman–Crippen MR) is 89.9 cm³/mol. The van der Waals surface area contributed by atoms with Gasteiger partial charge in [0, 0.05) is 6.54 Å². The van der Waals surface area contributed by atoms with Crippen molar-refractivity contribution in [3.8, 4) is 11.5 Å². The Bertz CT molecular complexity index is 726. The molecule has 4 nitrogen and oxygen atoms in total. The number of phenols is 1. The average molecular weight is 313 g/mol. The number of nitrogens with zero attached hydrogens (tertiary/aromatic N) is 1. The molecular weight excluding hydrogens is 290 g/mol. The molecule has 0 aromatic heterocycles. The number of amides is 1. The van der Waals surface area contributed by atoms with E-state index in [9.17, 15) is 9.90 Å².